The Hall–Kier alpha value is -3.40. The minimum Gasteiger partial charge on any atom is -0.357 e. The monoisotopic (exact) mass is 428 g/mol. The van der Waals surface area contributed by atoms with Crippen LogP contribution in [0.1, 0.15) is 33.4 Å². The summed E-state index contributed by atoms with van der Waals surface area (Å²) in [5.41, 5.74) is 6.39. The fourth-order valence-corrected chi connectivity index (χ4v) is 3.87. The highest BCUT2D eigenvalue weighted by Crippen LogP contribution is 2.19. The SMILES string of the molecule is CNC(=O)C(Cc1ccccc1)N(Cc1ccc(C)cc1)C(=O)Cc1cc(C)ccc1C. The molecule has 1 N–H and O–H groups in total. The molecule has 32 heavy (non-hydrogen) atoms. The van der Waals surface area contributed by atoms with E-state index in [1.54, 1.807) is 11.9 Å². The number of aryl methyl sites for hydroxylation is 3. The van der Waals surface area contributed by atoms with Gasteiger partial charge in [0.2, 0.25) is 11.8 Å². The van der Waals surface area contributed by atoms with E-state index in [-0.39, 0.29) is 18.2 Å². The van der Waals surface area contributed by atoms with Crippen LogP contribution in [0.3, 0.4) is 0 Å². The fourth-order valence-electron chi connectivity index (χ4n) is 3.87. The van der Waals surface area contributed by atoms with Crippen molar-refractivity contribution in [3.63, 3.8) is 0 Å². The van der Waals surface area contributed by atoms with Crippen molar-refractivity contribution in [2.75, 3.05) is 7.05 Å². The molecule has 0 aliphatic carbocycles. The lowest BCUT2D eigenvalue weighted by molar-refractivity contribution is -0.140. The summed E-state index contributed by atoms with van der Waals surface area (Å²) >= 11 is 0. The zero-order chi connectivity index (χ0) is 23.1. The number of hydrogen-bond donors (Lipinski definition) is 1. The molecule has 4 nitrogen and oxygen atoms in total. The largest absolute Gasteiger partial charge is 0.357 e. The van der Waals surface area contributed by atoms with E-state index in [4.69, 9.17) is 0 Å². The minimum absolute atomic E-state index is 0.0520. The molecule has 3 aromatic rings. The van der Waals surface area contributed by atoms with E-state index < -0.39 is 6.04 Å². The molecule has 1 atom stereocenters. The van der Waals surface area contributed by atoms with Gasteiger partial charge in [-0.2, -0.15) is 0 Å². The van der Waals surface area contributed by atoms with Gasteiger partial charge in [-0.15, -0.1) is 0 Å². The van der Waals surface area contributed by atoms with E-state index in [0.717, 1.165) is 33.4 Å². The van der Waals surface area contributed by atoms with Gasteiger partial charge in [0.05, 0.1) is 6.42 Å². The van der Waals surface area contributed by atoms with Crippen molar-refractivity contribution in [2.45, 2.75) is 46.2 Å². The molecule has 0 heterocycles. The first kappa shape index (κ1) is 23.3. The van der Waals surface area contributed by atoms with E-state index >= 15 is 0 Å². The van der Waals surface area contributed by atoms with Crippen LogP contribution in [0.25, 0.3) is 0 Å². The smallest absolute Gasteiger partial charge is 0.242 e. The van der Waals surface area contributed by atoms with Gasteiger partial charge in [-0.3, -0.25) is 9.59 Å². The Morgan fingerprint density at radius 1 is 0.844 bits per heavy atom. The Balaban J connectivity index is 1.96. The summed E-state index contributed by atoms with van der Waals surface area (Å²) in [7, 11) is 1.62. The number of amides is 2. The molecule has 4 heteroatoms. The van der Waals surface area contributed by atoms with Gasteiger partial charge in [-0.25, -0.2) is 0 Å². The van der Waals surface area contributed by atoms with Crippen LogP contribution in [-0.2, 0) is 29.0 Å². The van der Waals surface area contributed by atoms with Crippen molar-refractivity contribution >= 4 is 11.8 Å². The van der Waals surface area contributed by atoms with Gasteiger partial charge in [0.1, 0.15) is 6.04 Å². The first-order valence-corrected chi connectivity index (χ1v) is 11.0. The Morgan fingerprint density at radius 3 is 2.16 bits per heavy atom. The predicted octanol–water partition coefficient (Wildman–Crippen LogP) is 4.54. The average molecular weight is 429 g/mol. The zero-order valence-electron chi connectivity index (χ0n) is 19.4. The highest BCUT2D eigenvalue weighted by molar-refractivity contribution is 5.88. The van der Waals surface area contributed by atoms with Crippen molar-refractivity contribution in [3.8, 4) is 0 Å². The van der Waals surface area contributed by atoms with Crippen LogP contribution in [-0.4, -0.2) is 29.8 Å². The summed E-state index contributed by atoms with van der Waals surface area (Å²) in [4.78, 5) is 28.4. The lowest BCUT2D eigenvalue weighted by atomic mass is 9.99. The molecule has 3 aromatic carbocycles. The van der Waals surface area contributed by atoms with Crippen LogP contribution in [0.15, 0.2) is 72.8 Å². The van der Waals surface area contributed by atoms with Crippen LogP contribution in [0, 0.1) is 20.8 Å². The van der Waals surface area contributed by atoms with E-state index in [0.29, 0.717) is 13.0 Å². The Labute approximate surface area is 191 Å². The second kappa shape index (κ2) is 10.8. The highest BCUT2D eigenvalue weighted by atomic mass is 16.2. The average Bonchev–Trinajstić information content (AvgIpc) is 2.80. The van der Waals surface area contributed by atoms with Crippen LogP contribution in [0.5, 0.6) is 0 Å². The van der Waals surface area contributed by atoms with Gasteiger partial charge in [0, 0.05) is 20.0 Å². The number of likely N-dealkylation sites (N-methyl/N-ethyl adjacent to an activating group) is 1. The van der Waals surface area contributed by atoms with Gasteiger partial charge in [0.25, 0.3) is 0 Å². The predicted molar refractivity (Wildman–Crippen MR) is 129 cm³/mol. The maximum absolute atomic E-state index is 13.6. The molecule has 2 amide bonds. The summed E-state index contributed by atoms with van der Waals surface area (Å²) in [5.74, 6) is -0.209. The molecule has 0 radical (unpaired) electrons. The Morgan fingerprint density at radius 2 is 1.50 bits per heavy atom. The molecule has 0 saturated heterocycles. The lowest BCUT2D eigenvalue weighted by Crippen LogP contribution is -2.50. The van der Waals surface area contributed by atoms with E-state index in [2.05, 4.69) is 17.4 Å². The van der Waals surface area contributed by atoms with Gasteiger partial charge < -0.3 is 10.2 Å². The first-order chi connectivity index (χ1) is 15.4. The van der Waals surface area contributed by atoms with Crippen LogP contribution >= 0.6 is 0 Å². The van der Waals surface area contributed by atoms with Crippen molar-refractivity contribution in [1.29, 1.82) is 0 Å². The lowest BCUT2D eigenvalue weighted by Gasteiger charge is -2.31. The molecule has 3 rings (SSSR count). The summed E-state index contributed by atoms with van der Waals surface area (Å²) in [5, 5.41) is 2.77. The van der Waals surface area contributed by atoms with E-state index in [1.807, 2.05) is 81.4 Å². The third kappa shape index (κ3) is 6.07. The van der Waals surface area contributed by atoms with Crippen molar-refractivity contribution in [3.05, 3.63) is 106 Å². The van der Waals surface area contributed by atoms with Crippen LogP contribution < -0.4 is 5.32 Å². The molecular formula is C28H32N2O2. The third-order valence-electron chi connectivity index (χ3n) is 5.84. The van der Waals surface area contributed by atoms with Crippen molar-refractivity contribution < 1.29 is 9.59 Å². The highest BCUT2D eigenvalue weighted by Gasteiger charge is 2.30. The number of rotatable bonds is 8. The standard InChI is InChI=1S/C28H32N2O2/c1-20-11-14-24(15-12-20)19-30(27(31)18-25-16-21(2)10-13-22(25)3)26(28(32)29-4)17-23-8-6-5-7-9-23/h5-16,26H,17-19H2,1-4H3,(H,29,32). The van der Waals surface area contributed by atoms with Gasteiger partial charge >= 0.3 is 0 Å². The zero-order valence-corrected chi connectivity index (χ0v) is 19.4. The van der Waals surface area contributed by atoms with Crippen molar-refractivity contribution in [1.82, 2.24) is 10.2 Å². The van der Waals surface area contributed by atoms with E-state index in [1.165, 1.54) is 0 Å². The molecule has 0 aliphatic heterocycles. The Bertz CT molecular complexity index is 1060. The number of nitrogens with one attached hydrogen (secondary N) is 1. The van der Waals surface area contributed by atoms with Crippen LogP contribution in [0.2, 0.25) is 0 Å². The Kier molecular flexibility index (Phi) is 7.82. The molecule has 0 fully saturated rings. The molecule has 0 aromatic heterocycles. The second-order valence-electron chi connectivity index (χ2n) is 8.43. The summed E-state index contributed by atoms with van der Waals surface area (Å²) in [6.07, 6.45) is 0.729. The number of hydrogen-bond acceptors (Lipinski definition) is 2. The molecule has 1 unspecified atom stereocenters. The van der Waals surface area contributed by atoms with Gasteiger partial charge in [-0.05, 0) is 43.0 Å². The van der Waals surface area contributed by atoms with Gasteiger partial charge in [-0.1, -0.05) is 83.9 Å². The van der Waals surface area contributed by atoms with E-state index in [9.17, 15) is 9.59 Å². The number of benzene rings is 3. The van der Waals surface area contributed by atoms with Crippen molar-refractivity contribution in [2.24, 2.45) is 0 Å². The molecule has 0 aliphatic rings. The summed E-state index contributed by atoms with van der Waals surface area (Å²) in [6.45, 7) is 6.47. The van der Waals surface area contributed by atoms with Crippen LogP contribution in [0.4, 0.5) is 0 Å². The normalized spacial score (nSPS) is 11.6. The van der Waals surface area contributed by atoms with Gasteiger partial charge in [0.15, 0.2) is 0 Å². The number of carbonyl (C=O) groups is 2. The quantitative estimate of drug-likeness (QED) is 0.573. The maximum atomic E-state index is 13.6. The maximum Gasteiger partial charge on any atom is 0.242 e. The molecule has 0 saturated carbocycles. The summed E-state index contributed by atoms with van der Waals surface area (Å²) in [6, 6.07) is 23.5. The molecule has 166 valence electrons. The molecule has 0 spiro atoms. The number of nitrogens with zero attached hydrogens (tertiary/aromatic N) is 1. The second-order valence-corrected chi connectivity index (χ2v) is 8.43. The topological polar surface area (TPSA) is 49.4 Å². The molecule has 0 bridgehead atoms. The fraction of sp³-hybridized carbons (Fsp3) is 0.286. The third-order valence-corrected chi connectivity index (χ3v) is 5.84. The first-order valence-electron chi connectivity index (χ1n) is 11.0. The summed E-state index contributed by atoms with van der Waals surface area (Å²) < 4.78 is 0. The minimum atomic E-state index is -0.596. The number of carbonyl (C=O) groups excluding carboxylic acids is 2. The molecular weight excluding hydrogens is 396 g/mol.